The molecule has 0 aromatic heterocycles. The van der Waals surface area contributed by atoms with E-state index in [2.05, 4.69) is 16.3 Å². The number of carbonyl (C=O) groups excluding carboxylic acids is 1. The summed E-state index contributed by atoms with van der Waals surface area (Å²) in [7, 11) is 1.70. The lowest BCUT2D eigenvalue weighted by molar-refractivity contribution is -0.127. The number of methoxy groups -OCH3 is 1. The average Bonchev–Trinajstić information content (AvgIpc) is 3.30. The molecule has 3 aliphatic rings. The highest BCUT2D eigenvalue weighted by atomic mass is 35.5. The van der Waals surface area contributed by atoms with E-state index in [0.29, 0.717) is 11.8 Å². The molecule has 5 unspecified atom stereocenters. The fraction of sp³-hybridized carbons (Fsp3) is 0.632. The number of para-hydroxylation sites is 2. The van der Waals surface area contributed by atoms with Crippen LogP contribution in [-0.4, -0.2) is 38.2 Å². The summed E-state index contributed by atoms with van der Waals surface area (Å²) in [5, 5.41) is 3.27. The largest absolute Gasteiger partial charge is 0.495 e. The molecule has 26 heavy (non-hydrogen) atoms. The predicted octanol–water partition coefficient (Wildman–Crippen LogP) is 2.61. The van der Waals surface area contributed by atoms with Crippen molar-refractivity contribution in [2.75, 3.05) is 25.1 Å². The fourth-order valence-electron chi connectivity index (χ4n) is 5.01. The van der Waals surface area contributed by atoms with Gasteiger partial charge in [0.25, 0.3) is 0 Å². The van der Waals surface area contributed by atoms with E-state index in [-0.39, 0.29) is 48.7 Å². The number of benzene rings is 1. The Morgan fingerprint density at radius 1 is 1.19 bits per heavy atom. The first-order chi connectivity index (χ1) is 11.7. The summed E-state index contributed by atoms with van der Waals surface area (Å²) >= 11 is 0. The number of hydrogen-bond donors (Lipinski definition) is 2. The zero-order valence-corrected chi connectivity index (χ0v) is 16.7. The van der Waals surface area contributed by atoms with Crippen LogP contribution in [-0.2, 0) is 4.79 Å². The molecule has 4 rings (SSSR count). The lowest BCUT2D eigenvalue weighted by Gasteiger charge is -2.28. The van der Waals surface area contributed by atoms with Crippen molar-refractivity contribution in [3.05, 3.63) is 24.3 Å². The number of amides is 1. The number of fused-ring (bicyclic) bond motifs is 2. The molecule has 1 amide bonds. The molecule has 146 valence electrons. The molecular weight excluding hydrogens is 373 g/mol. The zero-order chi connectivity index (χ0) is 16.7. The number of ether oxygens (including phenoxy) is 1. The van der Waals surface area contributed by atoms with Gasteiger partial charge in [-0.1, -0.05) is 12.1 Å². The molecule has 2 bridgehead atoms. The van der Waals surface area contributed by atoms with E-state index in [1.165, 1.54) is 12.8 Å². The van der Waals surface area contributed by atoms with Gasteiger partial charge in [0.05, 0.1) is 18.7 Å². The van der Waals surface area contributed by atoms with Crippen LogP contribution in [0.15, 0.2) is 24.3 Å². The monoisotopic (exact) mass is 401 g/mol. The lowest BCUT2D eigenvalue weighted by Crippen LogP contribution is -2.48. The summed E-state index contributed by atoms with van der Waals surface area (Å²) in [6.07, 6.45) is 4.51. The second kappa shape index (κ2) is 8.68. The number of halogens is 2. The third-order valence-corrected chi connectivity index (χ3v) is 6.24. The number of nitrogens with zero attached hydrogens (tertiary/aromatic N) is 1. The van der Waals surface area contributed by atoms with Crippen molar-refractivity contribution < 1.29 is 9.53 Å². The van der Waals surface area contributed by atoms with Gasteiger partial charge in [-0.15, -0.1) is 24.8 Å². The first kappa shape index (κ1) is 21.1. The Morgan fingerprint density at radius 3 is 2.62 bits per heavy atom. The maximum absolute atomic E-state index is 12.7. The molecule has 2 aliphatic carbocycles. The van der Waals surface area contributed by atoms with Gasteiger partial charge >= 0.3 is 0 Å². The summed E-state index contributed by atoms with van der Waals surface area (Å²) < 4.78 is 5.46. The predicted molar refractivity (Wildman–Crippen MR) is 109 cm³/mol. The minimum atomic E-state index is 0. The van der Waals surface area contributed by atoms with E-state index in [1.54, 1.807) is 7.11 Å². The van der Waals surface area contributed by atoms with E-state index < -0.39 is 0 Å². The third-order valence-electron chi connectivity index (χ3n) is 6.24. The Bertz CT molecular complexity index is 629. The van der Waals surface area contributed by atoms with E-state index in [0.717, 1.165) is 37.4 Å². The zero-order valence-electron chi connectivity index (χ0n) is 15.1. The van der Waals surface area contributed by atoms with Crippen LogP contribution in [0.3, 0.4) is 0 Å². The smallest absolute Gasteiger partial charge is 0.225 e. The second-order valence-corrected chi connectivity index (χ2v) is 7.55. The van der Waals surface area contributed by atoms with Crippen LogP contribution >= 0.6 is 24.8 Å². The Kier molecular flexibility index (Phi) is 7.05. The Balaban J connectivity index is 0.00000121. The molecule has 1 saturated heterocycles. The number of carbonyl (C=O) groups is 1. The Labute approximate surface area is 167 Å². The Hall–Kier alpha value is -1.17. The van der Waals surface area contributed by atoms with Crippen LogP contribution in [0, 0.1) is 17.8 Å². The summed E-state index contributed by atoms with van der Waals surface area (Å²) in [6.45, 7) is 1.77. The molecule has 5 atom stereocenters. The molecule has 1 heterocycles. The van der Waals surface area contributed by atoms with Crippen LogP contribution < -0.4 is 20.7 Å². The minimum absolute atomic E-state index is 0. The second-order valence-electron chi connectivity index (χ2n) is 7.55. The van der Waals surface area contributed by atoms with Crippen LogP contribution in [0.4, 0.5) is 5.69 Å². The SMILES string of the molecule is COc1ccccc1N1CCC(NC(=O)C2C3CCC(C3)C2N)C1.Cl.Cl. The van der Waals surface area contributed by atoms with Crippen molar-refractivity contribution in [2.45, 2.75) is 37.8 Å². The molecule has 0 radical (unpaired) electrons. The number of nitrogens with one attached hydrogen (secondary N) is 1. The van der Waals surface area contributed by atoms with E-state index >= 15 is 0 Å². The summed E-state index contributed by atoms with van der Waals surface area (Å²) in [4.78, 5) is 15.0. The molecular formula is C19H29Cl2N3O2. The molecule has 7 heteroatoms. The van der Waals surface area contributed by atoms with Gasteiger partial charge in [0.2, 0.25) is 5.91 Å². The van der Waals surface area contributed by atoms with Crippen molar-refractivity contribution in [2.24, 2.45) is 23.5 Å². The van der Waals surface area contributed by atoms with E-state index in [1.807, 2.05) is 18.2 Å². The summed E-state index contributed by atoms with van der Waals surface area (Å²) in [6, 6.07) is 8.33. The number of rotatable bonds is 4. The van der Waals surface area contributed by atoms with Crippen molar-refractivity contribution in [3.63, 3.8) is 0 Å². The van der Waals surface area contributed by atoms with Crippen molar-refractivity contribution in [1.82, 2.24) is 5.32 Å². The normalized spacial score (nSPS) is 31.9. The van der Waals surface area contributed by atoms with E-state index in [9.17, 15) is 4.79 Å². The number of nitrogens with two attached hydrogens (primary N) is 1. The fourth-order valence-corrected chi connectivity index (χ4v) is 5.01. The van der Waals surface area contributed by atoms with Gasteiger partial charge < -0.3 is 20.7 Å². The Morgan fingerprint density at radius 2 is 1.92 bits per heavy atom. The topological polar surface area (TPSA) is 67.6 Å². The molecule has 3 fully saturated rings. The third kappa shape index (κ3) is 3.75. The lowest BCUT2D eigenvalue weighted by atomic mass is 9.84. The maximum atomic E-state index is 12.7. The highest BCUT2D eigenvalue weighted by Crippen LogP contribution is 2.47. The number of hydrogen-bond acceptors (Lipinski definition) is 4. The van der Waals surface area contributed by atoms with Gasteiger partial charge in [-0.25, -0.2) is 0 Å². The van der Waals surface area contributed by atoms with Gasteiger partial charge in [-0.3, -0.25) is 4.79 Å². The molecule has 1 aromatic rings. The van der Waals surface area contributed by atoms with Gasteiger partial charge in [0.1, 0.15) is 5.75 Å². The molecule has 5 nitrogen and oxygen atoms in total. The molecule has 2 saturated carbocycles. The maximum Gasteiger partial charge on any atom is 0.225 e. The standard InChI is InChI=1S/C19H27N3O2.2ClH/c1-24-16-5-3-2-4-15(16)22-9-8-14(11-22)21-19(23)17-12-6-7-13(10-12)18(17)20;;/h2-5,12-14,17-18H,6-11,20H2,1H3,(H,21,23);2*1H. The van der Waals surface area contributed by atoms with Gasteiger partial charge in [-0.05, 0) is 49.7 Å². The molecule has 1 aromatic carbocycles. The highest BCUT2D eigenvalue weighted by Gasteiger charge is 2.49. The quantitative estimate of drug-likeness (QED) is 0.813. The van der Waals surface area contributed by atoms with Gasteiger partial charge in [0.15, 0.2) is 0 Å². The van der Waals surface area contributed by atoms with Gasteiger partial charge in [0, 0.05) is 25.2 Å². The van der Waals surface area contributed by atoms with Crippen LogP contribution in [0.5, 0.6) is 5.75 Å². The first-order valence-electron chi connectivity index (χ1n) is 9.11. The van der Waals surface area contributed by atoms with Crippen LogP contribution in [0.25, 0.3) is 0 Å². The molecule has 3 N–H and O–H groups in total. The minimum Gasteiger partial charge on any atom is -0.495 e. The van der Waals surface area contributed by atoms with Crippen molar-refractivity contribution in [3.8, 4) is 5.75 Å². The van der Waals surface area contributed by atoms with Crippen LogP contribution in [0.1, 0.15) is 25.7 Å². The number of anilines is 1. The summed E-state index contributed by atoms with van der Waals surface area (Å²) in [5.41, 5.74) is 7.41. The van der Waals surface area contributed by atoms with E-state index in [4.69, 9.17) is 10.5 Å². The van der Waals surface area contributed by atoms with Crippen molar-refractivity contribution in [1.29, 1.82) is 0 Å². The molecule has 0 spiro atoms. The van der Waals surface area contributed by atoms with Gasteiger partial charge in [-0.2, -0.15) is 0 Å². The highest BCUT2D eigenvalue weighted by molar-refractivity contribution is 5.85. The van der Waals surface area contributed by atoms with Crippen molar-refractivity contribution >= 4 is 36.4 Å². The average molecular weight is 402 g/mol. The molecule has 1 aliphatic heterocycles. The summed E-state index contributed by atoms with van der Waals surface area (Å²) in [5.74, 6) is 2.18. The first-order valence-corrected chi connectivity index (χ1v) is 9.11. The van der Waals surface area contributed by atoms with Crippen LogP contribution in [0.2, 0.25) is 0 Å².